The largest absolute Gasteiger partial charge is 0.496 e. The van der Waals surface area contributed by atoms with Gasteiger partial charge in [-0.25, -0.2) is 0 Å². The van der Waals surface area contributed by atoms with Gasteiger partial charge in [-0.15, -0.1) is 0 Å². The Bertz CT molecular complexity index is 925. The lowest BCUT2D eigenvalue weighted by Crippen LogP contribution is -2.46. The lowest BCUT2D eigenvalue weighted by Gasteiger charge is -2.19. The molecule has 30 heavy (non-hydrogen) atoms. The number of rotatable bonds is 10. The van der Waals surface area contributed by atoms with Crippen molar-refractivity contribution in [2.45, 2.75) is 19.0 Å². The van der Waals surface area contributed by atoms with E-state index in [0.29, 0.717) is 17.9 Å². The first-order valence-corrected chi connectivity index (χ1v) is 10.8. The van der Waals surface area contributed by atoms with Gasteiger partial charge < -0.3 is 15.4 Å². The molecule has 0 aromatic heterocycles. The monoisotopic (exact) mass is 451 g/mol. The molecule has 2 N–H and O–H groups in total. The molecule has 0 saturated carbocycles. The molecule has 0 heterocycles. The molecule has 2 aromatic carbocycles. The van der Waals surface area contributed by atoms with Gasteiger partial charge in [0.1, 0.15) is 16.8 Å². The number of hydrogen-bond acceptors (Lipinski definition) is 6. The van der Waals surface area contributed by atoms with E-state index < -0.39 is 16.9 Å². The van der Waals surface area contributed by atoms with Crippen LogP contribution in [0.1, 0.15) is 22.3 Å². The van der Waals surface area contributed by atoms with E-state index in [2.05, 4.69) is 10.6 Å². The molecular formula is C20H22ClN3O5S. The van der Waals surface area contributed by atoms with Crippen molar-refractivity contribution >= 4 is 40.9 Å². The van der Waals surface area contributed by atoms with Crippen molar-refractivity contribution in [1.82, 2.24) is 10.6 Å². The van der Waals surface area contributed by atoms with Crippen molar-refractivity contribution in [2.24, 2.45) is 0 Å². The number of thioether (sulfide) groups is 1. The Morgan fingerprint density at radius 1 is 1.27 bits per heavy atom. The van der Waals surface area contributed by atoms with Gasteiger partial charge in [0.15, 0.2) is 0 Å². The number of hydrogen-bond donors (Lipinski definition) is 2. The zero-order chi connectivity index (χ0) is 22.1. The molecule has 0 aliphatic carbocycles. The highest BCUT2D eigenvalue weighted by atomic mass is 35.5. The zero-order valence-electron chi connectivity index (χ0n) is 16.5. The first kappa shape index (κ1) is 23.5. The topological polar surface area (TPSA) is 111 Å². The summed E-state index contributed by atoms with van der Waals surface area (Å²) in [6.07, 6.45) is 2.30. The lowest BCUT2D eigenvalue weighted by atomic mass is 10.1. The van der Waals surface area contributed by atoms with Gasteiger partial charge in [-0.3, -0.25) is 19.7 Å². The number of nitro groups is 1. The Balaban J connectivity index is 2.11. The molecule has 8 nitrogen and oxygen atoms in total. The van der Waals surface area contributed by atoms with E-state index in [0.717, 1.165) is 11.6 Å². The van der Waals surface area contributed by atoms with Gasteiger partial charge in [0, 0.05) is 23.7 Å². The van der Waals surface area contributed by atoms with Crippen LogP contribution in [0.3, 0.4) is 0 Å². The molecule has 0 bridgehead atoms. The smallest absolute Gasteiger partial charge is 0.288 e. The van der Waals surface area contributed by atoms with E-state index in [4.69, 9.17) is 16.3 Å². The van der Waals surface area contributed by atoms with E-state index in [9.17, 15) is 19.7 Å². The maximum Gasteiger partial charge on any atom is 0.288 e. The Labute approximate surface area is 183 Å². The number of benzene rings is 2. The Morgan fingerprint density at radius 3 is 2.67 bits per heavy atom. The molecule has 2 aromatic rings. The average Bonchev–Trinajstić information content (AvgIpc) is 2.74. The molecular weight excluding hydrogens is 430 g/mol. The lowest BCUT2D eigenvalue weighted by molar-refractivity contribution is -0.384. The molecule has 0 radical (unpaired) electrons. The van der Waals surface area contributed by atoms with Gasteiger partial charge >= 0.3 is 0 Å². The first-order chi connectivity index (χ1) is 14.4. The predicted molar refractivity (Wildman–Crippen MR) is 117 cm³/mol. The second kappa shape index (κ2) is 11.4. The van der Waals surface area contributed by atoms with Crippen LogP contribution < -0.4 is 15.4 Å². The highest BCUT2D eigenvalue weighted by molar-refractivity contribution is 7.98. The average molecular weight is 452 g/mol. The summed E-state index contributed by atoms with van der Waals surface area (Å²) in [4.78, 5) is 35.7. The number of nitrogens with one attached hydrogen (secondary N) is 2. The molecule has 0 aliphatic rings. The van der Waals surface area contributed by atoms with Gasteiger partial charge in [-0.05, 0) is 36.6 Å². The fraction of sp³-hybridized carbons (Fsp3) is 0.300. The van der Waals surface area contributed by atoms with E-state index in [1.807, 2.05) is 24.5 Å². The maximum absolute atomic E-state index is 12.7. The summed E-state index contributed by atoms with van der Waals surface area (Å²) >= 11 is 7.34. The predicted octanol–water partition coefficient (Wildman–Crippen LogP) is 3.42. The van der Waals surface area contributed by atoms with Crippen LogP contribution in [-0.4, -0.2) is 41.9 Å². The van der Waals surface area contributed by atoms with Crippen molar-refractivity contribution in [1.29, 1.82) is 0 Å². The fourth-order valence-corrected chi connectivity index (χ4v) is 3.35. The van der Waals surface area contributed by atoms with Crippen molar-refractivity contribution in [3.05, 3.63) is 68.7 Å². The van der Waals surface area contributed by atoms with Crippen LogP contribution in [0.25, 0.3) is 0 Å². The standard InChI is InChI=1S/C20H22ClN3O5S/c1-29-18-6-4-3-5-14(18)12-22-20(26)16(9-10-30-2)23-19(25)13-7-8-15(21)17(11-13)24(27)28/h3-8,11,16H,9-10,12H2,1-2H3,(H,22,26)(H,23,25)/t16-/m0/s1. The fourth-order valence-electron chi connectivity index (χ4n) is 2.69. The van der Waals surface area contributed by atoms with E-state index in [-0.39, 0.29) is 28.7 Å². The van der Waals surface area contributed by atoms with Gasteiger partial charge in [0.05, 0.1) is 12.0 Å². The quantitative estimate of drug-likeness (QED) is 0.423. The molecule has 0 fully saturated rings. The van der Waals surface area contributed by atoms with Crippen molar-refractivity contribution < 1.29 is 19.2 Å². The van der Waals surface area contributed by atoms with E-state index >= 15 is 0 Å². The SMILES string of the molecule is COc1ccccc1CNC(=O)[C@H](CCSC)NC(=O)c1ccc(Cl)c([N+](=O)[O-])c1. The highest BCUT2D eigenvalue weighted by Crippen LogP contribution is 2.25. The number of ether oxygens (including phenoxy) is 1. The summed E-state index contributed by atoms with van der Waals surface area (Å²) < 4.78 is 5.28. The number of nitrogens with zero attached hydrogens (tertiary/aromatic N) is 1. The molecule has 10 heteroatoms. The van der Waals surface area contributed by atoms with Crippen molar-refractivity contribution in [3.63, 3.8) is 0 Å². The van der Waals surface area contributed by atoms with Crippen LogP contribution in [0.5, 0.6) is 5.75 Å². The first-order valence-electron chi connectivity index (χ1n) is 9.00. The molecule has 0 spiro atoms. The van der Waals surface area contributed by atoms with Crippen LogP contribution in [0.2, 0.25) is 5.02 Å². The minimum atomic E-state index is -0.797. The third-order valence-corrected chi connectivity index (χ3v) is 5.25. The van der Waals surface area contributed by atoms with Gasteiger partial charge in [0.25, 0.3) is 11.6 Å². The van der Waals surface area contributed by atoms with Crippen LogP contribution in [0, 0.1) is 10.1 Å². The number of amides is 2. The van der Waals surface area contributed by atoms with Gasteiger partial charge in [-0.1, -0.05) is 29.8 Å². The molecule has 0 unspecified atom stereocenters. The van der Waals surface area contributed by atoms with Crippen LogP contribution >= 0.6 is 23.4 Å². The van der Waals surface area contributed by atoms with Crippen LogP contribution in [0.15, 0.2) is 42.5 Å². The summed E-state index contributed by atoms with van der Waals surface area (Å²) in [5, 5.41) is 16.5. The second-order valence-electron chi connectivity index (χ2n) is 6.26. The number of para-hydroxylation sites is 1. The molecule has 1 atom stereocenters. The van der Waals surface area contributed by atoms with E-state index in [1.54, 1.807) is 24.9 Å². The highest BCUT2D eigenvalue weighted by Gasteiger charge is 2.23. The number of nitro benzene ring substituents is 1. The van der Waals surface area contributed by atoms with Crippen molar-refractivity contribution in [2.75, 3.05) is 19.1 Å². The molecule has 0 aliphatic heterocycles. The molecule has 2 amide bonds. The Hall–Kier alpha value is -2.78. The third kappa shape index (κ3) is 6.36. The second-order valence-corrected chi connectivity index (χ2v) is 7.65. The Morgan fingerprint density at radius 2 is 2.00 bits per heavy atom. The van der Waals surface area contributed by atoms with Crippen molar-refractivity contribution in [3.8, 4) is 5.75 Å². The minimum absolute atomic E-state index is 0.0535. The summed E-state index contributed by atoms with van der Waals surface area (Å²) in [5.41, 5.74) is 0.486. The Kier molecular flexibility index (Phi) is 8.94. The summed E-state index contributed by atoms with van der Waals surface area (Å²) in [6.45, 7) is 0.237. The number of carbonyl (C=O) groups excluding carboxylic acids is 2. The number of methoxy groups -OCH3 is 1. The maximum atomic E-state index is 12.7. The van der Waals surface area contributed by atoms with Crippen LogP contribution in [0.4, 0.5) is 5.69 Å². The van der Waals surface area contributed by atoms with Crippen LogP contribution in [-0.2, 0) is 11.3 Å². The van der Waals surface area contributed by atoms with E-state index in [1.165, 1.54) is 12.1 Å². The molecule has 160 valence electrons. The third-order valence-electron chi connectivity index (χ3n) is 4.28. The molecule has 0 saturated heterocycles. The number of halogens is 1. The minimum Gasteiger partial charge on any atom is -0.496 e. The summed E-state index contributed by atoms with van der Waals surface area (Å²) in [7, 11) is 1.55. The normalized spacial score (nSPS) is 11.4. The molecule has 2 rings (SSSR count). The zero-order valence-corrected chi connectivity index (χ0v) is 18.1. The van der Waals surface area contributed by atoms with Gasteiger partial charge in [-0.2, -0.15) is 11.8 Å². The summed E-state index contributed by atoms with van der Waals surface area (Å²) in [6, 6.07) is 10.3. The number of carbonyl (C=O) groups is 2. The summed E-state index contributed by atoms with van der Waals surface area (Å²) in [5.74, 6) is 0.351. The van der Waals surface area contributed by atoms with Gasteiger partial charge in [0.2, 0.25) is 5.91 Å².